The summed E-state index contributed by atoms with van der Waals surface area (Å²) in [6, 6.07) is 12.6. The van der Waals surface area contributed by atoms with E-state index in [0.717, 1.165) is 12.8 Å². The normalized spacial score (nSPS) is 16.3. The summed E-state index contributed by atoms with van der Waals surface area (Å²) in [6.07, 6.45) is 1.65. The Morgan fingerprint density at radius 3 is 2.80 bits per heavy atom. The lowest BCUT2D eigenvalue weighted by Gasteiger charge is -2.31. The monoisotopic (exact) mass is 444 g/mol. The Labute approximate surface area is 181 Å². The van der Waals surface area contributed by atoms with Crippen LogP contribution in [0.2, 0.25) is 5.02 Å². The van der Waals surface area contributed by atoms with Crippen LogP contribution in [0.1, 0.15) is 43.9 Å². The predicted molar refractivity (Wildman–Crippen MR) is 114 cm³/mol. The molecule has 30 heavy (non-hydrogen) atoms. The first kappa shape index (κ1) is 20.4. The van der Waals surface area contributed by atoms with Gasteiger partial charge in [0.15, 0.2) is 0 Å². The number of carbonyl (C=O) groups is 2. The van der Waals surface area contributed by atoms with Crippen LogP contribution in [0.25, 0.3) is 0 Å². The standard InChI is InChI=1S/C21H18ClFN4O2S/c22-15-6-2-8-17(11-15)24-18(28)20-26-25-19(30-20)14-5-3-9-27(12-14)21(29)13-4-1-7-16(23)10-13/h1-2,4,6-8,10-11,14H,3,5,9,12H2,(H,24,28)/t14-/m1/s1. The van der Waals surface area contributed by atoms with Crippen LogP contribution in [0.4, 0.5) is 10.1 Å². The first-order chi connectivity index (χ1) is 14.5. The average molecular weight is 445 g/mol. The highest BCUT2D eigenvalue weighted by Crippen LogP contribution is 2.30. The van der Waals surface area contributed by atoms with E-state index in [2.05, 4.69) is 15.5 Å². The second-order valence-electron chi connectivity index (χ2n) is 7.01. The zero-order valence-corrected chi connectivity index (χ0v) is 17.4. The quantitative estimate of drug-likeness (QED) is 0.638. The number of amides is 2. The summed E-state index contributed by atoms with van der Waals surface area (Å²) < 4.78 is 13.5. The summed E-state index contributed by atoms with van der Waals surface area (Å²) in [7, 11) is 0. The van der Waals surface area contributed by atoms with Crippen LogP contribution in [-0.2, 0) is 0 Å². The second-order valence-corrected chi connectivity index (χ2v) is 8.46. The van der Waals surface area contributed by atoms with Gasteiger partial charge in [-0.05, 0) is 49.2 Å². The summed E-state index contributed by atoms with van der Waals surface area (Å²) >= 11 is 7.16. The molecule has 1 aromatic heterocycles. The maximum Gasteiger partial charge on any atom is 0.286 e. The number of benzene rings is 2. The largest absolute Gasteiger partial charge is 0.338 e. The molecule has 1 N–H and O–H groups in total. The highest BCUT2D eigenvalue weighted by atomic mass is 35.5. The van der Waals surface area contributed by atoms with E-state index in [4.69, 9.17) is 11.6 Å². The zero-order chi connectivity index (χ0) is 21.1. The van der Waals surface area contributed by atoms with Crippen LogP contribution < -0.4 is 5.32 Å². The average Bonchev–Trinajstić information content (AvgIpc) is 3.24. The van der Waals surface area contributed by atoms with Crippen LogP contribution in [0, 0.1) is 5.82 Å². The lowest BCUT2D eigenvalue weighted by atomic mass is 9.98. The van der Waals surface area contributed by atoms with E-state index in [1.165, 1.54) is 29.5 Å². The van der Waals surface area contributed by atoms with Crippen molar-refractivity contribution in [1.82, 2.24) is 15.1 Å². The molecule has 0 radical (unpaired) electrons. The number of aromatic nitrogens is 2. The van der Waals surface area contributed by atoms with Gasteiger partial charge in [0.1, 0.15) is 10.8 Å². The van der Waals surface area contributed by atoms with Crippen molar-refractivity contribution in [2.45, 2.75) is 18.8 Å². The van der Waals surface area contributed by atoms with Crippen molar-refractivity contribution in [2.24, 2.45) is 0 Å². The van der Waals surface area contributed by atoms with Gasteiger partial charge in [-0.25, -0.2) is 4.39 Å². The molecule has 6 nitrogen and oxygen atoms in total. The van der Waals surface area contributed by atoms with Gasteiger partial charge in [-0.1, -0.05) is 35.1 Å². The first-order valence-electron chi connectivity index (χ1n) is 9.45. The Balaban J connectivity index is 1.44. The van der Waals surface area contributed by atoms with E-state index in [1.807, 2.05) is 0 Å². The van der Waals surface area contributed by atoms with Crippen molar-refractivity contribution < 1.29 is 14.0 Å². The van der Waals surface area contributed by atoms with Gasteiger partial charge in [-0.3, -0.25) is 9.59 Å². The minimum Gasteiger partial charge on any atom is -0.338 e. The third-order valence-electron chi connectivity index (χ3n) is 4.85. The summed E-state index contributed by atoms with van der Waals surface area (Å²) in [5.41, 5.74) is 0.906. The lowest BCUT2D eigenvalue weighted by Crippen LogP contribution is -2.39. The SMILES string of the molecule is O=C(Nc1cccc(Cl)c1)c1nnc([C@@H]2CCCN(C(=O)c3cccc(F)c3)C2)s1. The molecule has 1 saturated heterocycles. The fourth-order valence-corrected chi connectivity index (χ4v) is 4.46. The summed E-state index contributed by atoms with van der Waals surface area (Å²) in [5, 5.41) is 12.4. The molecule has 1 fully saturated rings. The van der Waals surface area contributed by atoms with Gasteiger partial charge in [0.05, 0.1) is 0 Å². The van der Waals surface area contributed by atoms with E-state index in [-0.39, 0.29) is 22.7 Å². The minimum atomic E-state index is -0.436. The van der Waals surface area contributed by atoms with E-state index >= 15 is 0 Å². The zero-order valence-electron chi connectivity index (χ0n) is 15.8. The topological polar surface area (TPSA) is 75.2 Å². The Morgan fingerprint density at radius 1 is 1.17 bits per heavy atom. The molecule has 0 aliphatic carbocycles. The number of likely N-dealkylation sites (tertiary alicyclic amines) is 1. The van der Waals surface area contributed by atoms with Gasteiger partial charge in [-0.15, -0.1) is 10.2 Å². The molecule has 0 saturated carbocycles. The number of nitrogens with zero attached hydrogens (tertiary/aromatic N) is 3. The summed E-state index contributed by atoms with van der Waals surface area (Å²) in [6.45, 7) is 1.06. The van der Waals surface area contributed by atoms with Crippen molar-refractivity contribution in [3.63, 3.8) is 0 Å². The second kappa shape index (κ2) is 8.89. The molecule has 3 aromatic rings. The molecule has 1 atom stereocenters. The van der Waals surface area contributed by atoms with Gasteiger partial charge >= 0.3 is 0 Å². The first-order valence-corrected chi connectivity index (χ1v) is 10.6. The van der Waals surface area contributed by atoms with Crippen molar-refractivity contribution in [3.8, 4) is 0 Å². The minimum absolute atomic E-state index is 0.0125. The fraction of sp³-hybridized carbons (Fsp3) is 0.238. The molecule has 9 heteroatoms. The number of piperidine rings is 1. The highest BCUT2D eigenvalue weighted by molar-refractivity contribution is 7.13. The van der Waals surface area contributed by atoms with Gasteiger partial charge < -0.3 is 10.2 Å². The molecule has 2 aromatic carbocycles. The van der Waals surface area contributed by atoms with Crippen LogP contribution in [0.3, 0.4) is 0 Å². The molecule has 1 aliphatic heterocycles. The molecule has 4 rings (SSSR count). The van der Waals surface area contributed by atoms with Crippen LogP contribution in [-0.4, -0.2) is 40.0 Å². The Bertz CT molecular complexity index is 1090. The fourth-order valence-electron chi connectivity index (χ4n) is 3.41. The Hall–Kier alpha value is -2.84. The molecule has 1 aliphatic rings. The van der Waals surface area contributed by atoms with Crippen molar-refractivity contribution in [1.29, 1.82) is 0 Å². The van der Waals surface area contributed by atoms with Crippen LogP contribution in [0.5, 0.6) is 0 Å². The number of hydrogen-bond acceptors (Lipinski definition) is 5. The third-order valence-corrected chi connectivity index (χ3v) is 6.17. The van der Waals surface area contributed by atoms with Crippen molar-refractivity contribution in [3.05, 3.63) is 74.9 Å². The van der Waals surface area contributed by atoms with Crippen molar-refractivity contribution >= 4 is 40.4 Å². The number of hydrogen-bond donors (Lipinski definition) is 1. The molecule has 2 amide bonds. The highest BCUT2D eigenvalue weighted by Gasteiger charge is 2.28. The number of nitrogens with one attached hydrogen (secondary N) is 1. The van der Waals surface area contributed by atoms with Crippen LogP contribution >= 0.6 is 22.9 Å². The van der Waals surface area contributed by atoms with Gasteiger partial charge in [-0.2, -0.15) is 0 Å². The van der Waals surface area contributed by atoms with E-state index in [1.54, 1.807) is 35.2 Å². The molecule has 0 spiro atoms. The summed E-state index contributed by atoms with van der Waals surface area (Å²) in [5.74, 6) is -1.01. The van der Waals surface area contributed by atoms with Gasteiger partial charge in [0, 0.05) is 35.3 Å². The molecule has 154 valence electrons. The smallest absolute Gasteiger partial charge is 0.286 e. The van der Waals surface area contributed by atoms with Gasteiger partial charge in [0.2, 0.25) is 5.01 Å². The lowest BCUT2D eigenvalue weighted by molar-refractivity contribution is 0.0706. The Morgan fingerprint density at radius 2 is 2.00 bits per heavy atom. The number of rotatable bonds is 4. The number of anilines is 1. The maximum atomic E-state index is 13.5. The third kappa shape index (κ3) is 4.66. The molecular weight excluding hydrogens is 427 g/mol. The van der Waals surface area contributed by atoms with E-state index in [9.17, 15) is 14.0 Å². The molecule has 2 heterocycles. The summed E-state index contributed by atoms with van der Waals surface area (Å²) in [4.78, 5) is 26.9. The van der Waals surface area contributed by atoms with Crippen molar-refractivity contribution in [2.75, 3.05) is 18.4 Å². The molecule has 0 unspecified atom stereocenters. The number of carbonyl (C=O) groups excluding carboxylic acids is 2. The molecule has 0 bridgehead atoms. The van der Waals surface area contributed by atoms with Crippen LogP contribution in [0.15, 0.2) is 48.5 Å². The number of halogens is 2. The van der Waals surface area contributed by atoms with E-state index in [0.29, 0.717) is 34.4 Å². The van der Waals surface area contributed by atoms with Gasteiger partial charge in [0.25, 0.3) is 11.8 Å². The predicted octanol–water partition coefficient (Wildman–Crippen LogP) is 4.60. The Kier molecular flexibility index (Phi) is 6.06. The maximum absolute atomic E-state index is 13.5. The molecular formula is C21H18ClFN4O2S. The van der Waals surface area contributed by atoms with E-state index < -0.39 is 5.82 Å².